The van der Waals surface area contributed by atoms with Gasteiger partial charge in [-0.1, -0.05) is 42.2 Å². The predicted molar refractivity (Wildman–Crippen MR) is 79.7 cm³/mol. The van der Waals surface area contributed by atoms with Gasteiger partial charge < -0.3 is 9.15 Å². The van der Waals surface area contributed by atoms with Crippen molar-refractivity contribution in [1.29, 1.82) is 5.26 Å². The van der Waals surface area contributed by atoms with Gasteiger partial charge in [0.15, 0.2) is 5.75 Å². The minimum atomic E-state index is 0.178. The molecule has 0 bridgehead atoms. The molecule has 0 aliphatic heterocycles. The van der Waals surface area contributed by atoms with E-state index >= 15 is 0 Å². The lowest BCUT2D eigenvalue weighted by Gasteiger charge is -1.98. The predicted octanol–water partition coefficient (Wildman–Crippen LogP) is 3.73. The van der Waals surface area contributed by atoms with Crippen LogP contribution in [0, 0.1) is 23.2 Å². The summed E-state index contributed by atoms with van der Waals surface area (Å²) in [5.41, 5.74) is 1.57. The molecule has 0 radical (unpaired) electrons. The summed E-state index contributed by atoms with van der Waals surface area (Å²) in [5, 5.41) is 9.88. The Morgan fingerprint density at radius 3 is 2.57 bits per heavy atom. The highest BCUT2D eigenvalue weighted by Crippen LogP contribution is 2.32. The highest BCUT2D eigenvalue weighted by molar-refractivity contribution is 5.86. The van der Waals surface area contributed by atoms with Crippen molar-refractivity contribution in [1.82, 2.24) is 0 Å². The first-order valence-corrected chi connectivity index (χ1v) is 6.47. The molecule has 0 aliphatic rings. The van der Waals surface area contributed by atoms with E-state index in [9.17, 15) is 0 Å². The molecule has 3 nitrogen and oxygen atoms in total. The van der Waals surface area contributed by atoms with Gasteiger partial charge in [0.1, 0.15) is 18.3 Å². The minimum Gasteiger partial charge on any atom is -0.475 e. The van der Waals surface area contributed by atoms with Gasteiger partial charge in [-0.25, -0.2) is 0 Å². The molecular formula is C18H11NO2. The van der Waals surface area contributed by atoms with Crippen molar-refractivity contribution in [3.8, 4) is 23.7 Å². The van der Waals surface area contributed by atoms with Gasteiger partial charge in [0, 0.05) is 5.56 Å². The number of nitrogens with zero attached hydrogens (tertiary/aromatic N) is 1. The third kappa shape index (κ3) is 2.73. The Morgan fingerprint density at radius 1 is 1.00 bits per heavy atom. The summed E-state index contributed by atoms with van der Waals surface area (Å²) in [6, 6.07) is 19.1. The number of fused-ring (bicyclic) bond motifs is 1. The van der Waals surface area contributed by atoms with Gasteiger partial charge in [0.25, 0.3) is 0 Å². The zero-order valence-electron chi connectivity index (χ0n) is 11.2. The lowest BCUT2D eigenvalue weighted by molar-refractivity contribution is 0.365. The highest BCUT2D eigenvalue weighted by Gasteiger charge is 2.14. The largest absolute Gasteiger partial charge is 0.475 e. The van der Waals surface area contributed by atoms with Crippen molar-refractivity contribution in [2.24, 2.45) is 0 Å². The molecule has 100 valence electrons. The summed E-state index contributed by atoms with van der Waals surface area (Å²) in [7, 11) is 0. The Hall–Kier alpha value is -3.17. The lowest BCUT2D eigenvalue weighted by atomic mass is 10.2. The average Bonchev–Trinajstić information content (AvgIpc) is 2.90. The monoisotopic (exact) mass is 273 g/mol. The van der Waals surface area contributed by atoms with Crippen LogP contribution in [0.25, 0.3) is 11.0 Å². The molecule has 1 heterocycles. The molecule has 0 N–H and O–H groups in total. The second-order valence-electron chi connectivity index (χ2n) is 4.32. The molecule has 0 saturated heterocycles. The molecule has 0 unspecified atom stereocenters. The lowest BCUT2D eigenvalue weighted by Crippen LogP contribution is -1.94. The first-order chi connectivity index (χ1) is 10.4. The van der Waals surface area contributed by atoms with Gasteiger partial charge in [0.2, 0.25) is 5.76 Å². The summed E-state index contributed by atoms with van der Waals surface area (Å²) < 4.78 is 11.0. The molecule has 1 aromatic heterocycles. The van der Waals surface area contributed by atoms with Gasteiger partial charge in [-0.2, -0.15) is 5.26 Å². The van der Waals surface area contributed by atoms with Crippen LogP contribution < -0.4 is 4.74 Å². The molecule has 0 amide bonds. The topological polar surface area (TPSA) is 46.2 Å². The zero-order chi connectivity index (χ0) is 14.5. The van der Waals surface area contributed by atoms with Crippen molar-refractivity contribution in [3.05, 3.63) is 65.9 Å². The van der Waals surface area contributed by atoms with Crippen molar-refractivity contribution in [2.45, 2.75) is 0 Å². The fraction of sp³-hybridized carbons (Fsp3) is 0.0556. The van der Waals surface area contributed by atoms with Crippen LogP contribution in [0.5, 0.6) is 5.75 Å². The van der Waals surface area contributed by atoms with Crippen LogP contribution in [0.4, 0.5) is 0 Å². The molecule has 0 fully saturated rings. The molecular weight excluding hydrogens is 262 g/mol. The number of furan rings is 1. The normalized spacial score (nSPS) is 9.67. The summed E-state index contributed by atoms with van der Waals surface area (Å²) in [6.45, 7) is 0.201. The molecule has 0 atom stereocenters. The highest BCUT2D eigenvalue weighted by atomic mass is 16.5. The fourth-order valence-corrected chi connectivity index (χ4v) is 2.01. The smallest absolute Gasteiger partial charge is 0.246 e. The maximum atomic E-state index is 9.09. The van der Waals surface area contributed by atoms with Crippen LogP contribution in [0.2, 0.25) is 0 Å². The minimum absolute atomic E-state index is 0.178. The van der Waals surface area contributed by atoms with Gasteiger partial charge >= 0.3 is 0 Å². The Labute approximate surface area is 122 Å². The average molecular weight is 273 g/mol. The molecule has 0 spiro atoms. The molecule has 21 heavy (non-hydrogen) atoms. The molecule has 3 aromatic rings. The van der Waals surface area contributed by atoms with E-state index in [1.54, 1.807) is 6.07 Å². The van der Waals surface area contributed by atoms with Crippen LogP contribution in [0.15, 0.2) is 59.0 Å². The Kier molecular flexibility index (Phi) is 3.58. The maximum absolute atomic E-state index is 9.09. The molecule has 3 rings (SSSR count). The summed E-state index contributed by atoms with van der Waals surface area (Å²) in [5.74, 6) is 6.57. The van der Waals surface area contributed by atoms with E-state index in [1.807, 2.05) is 54.6 Å². The molecule has 2 aromatic carbocycles. The number of para-hydroxylation sites is 1. The van der Waals surface area contributed by atoms with Crippen LogP contribution >= 0.6 is 0 Å². The third-order valence-electron chi connectivity index (χ3n) is 2.95. The number of hydrogen-bond acceptors (Lipinski definition) is 3. The van der Waals surface area contributed by atoms with Gasteiger partial charge in [-0.15, -0.1) is 0 Å². The summed E-state index contributed by atoms with van der Waals surface area (Å²) >= 11 is 0. The van der Waals surface area contributed by atoms with Crippen molar-refractivity contribution < 1.29 is 9.15 Å². The quantitative estimate of drug-likeness (QED) is 0.668. The second-order valence-corrected chi connectivity index (χ2v) is 4.32. The first kappa shape index (κ1) is 12.8. The fourth-order valence-electron chi connectivity index (χ4n) is 2.01. The number of rotatable bonds is 2. The number of benzene rings is 2. The number of ether oxygens (including phenoxy) is 1. The van der Waals surface area contributed by atoms with E-state index < -0.39 is 0 Å². The van der Waals surface area contributed by atoms with E-state index in [4.69, 9.17) is 14.4 Å². The van der Waals surface area contributed by atoms with Crippen molar-refractivity contribution in [3.63, 3.8) is 0 Å². The van der Waals surface area contributed by atoms with Crippen LogP contribution in [-0.4, -0.2) is 6.61 Å². The van der Waals surface area contributed by atoms with Crippen molar-refractivity contribution >= 4 is 11.0 Å². The van der Waals surface area contributed by atoms with Gasteiger partial charge in [0.05, 0.1) is 5.39 Å². The van der Waals surface area contributed by atoms with E-state index in [1.165, 1.54) is 0 Å². The SMILES string of the molecule is N#Cc1oc2ccccc2c1OCC#Cc1ccccc1. The Bertz CT molecular complexity index is 861. The summed E-state index contributed by atoms with van der Waals surface area (Å²) in [4.78, 5) is 0. The molecule has 3 heteroatoms. The van der Waals surface area contributed by atoms with E-state index in [0.717, 1.165) is 10.9 Å². The molecule has 0 aliphatic carbocycles. The van der Waals surface area contributed by atoms with Crippen LogP contribution in [0.1, 0.15) is 11.3 Å². The maximum Gasteiger partial charge on any atom is 0.246 e. The van der Waals surface area contributed by atoms with Gasteiger partial charge in [-0.3, -0.25) is 0 Å². The van der Waals surface area contributed by atoms with Gasteiger partial charge in [-0.05, 0) is 24.3 Å². The first-order valence-electron chi connectivity index (χ1n) is 6.47. The zero-order valence-corrected chi connectivity index (χ0v) is 11.2. The van der Waals surface area contributed by atoms with E-state index in [-0.39, 0.29) is 12.4 Å². The van der Waals surface area contributed by atoms with Crippen molar-refractivity contribution in [2.75, 3.05) is 6.61 Å². The number of nitriles is 1. The van der Waals surface area contributed by atoms with Crippen LogP contribution in [0.3, 0.4) is 0 Å². The van der Waals surface area contributed by atoms with E-state index in [2.05, 4.69) is 11.8 Å². The second kappa shape index (κ2) is 5.86. The Morgan fingerprint density at radius 2 is 1.76 bits per heavy atom. The number of hydrogen-bond donors (Lipinski definition) is 0. The Balaban J connectivity index is 1.80. The standard InChI is InChI=1S/C18H11NO2/c19-13-17-18(15-10-4-5-11-16(15)21-17)20-12-6-9-14-7-2-1-3-8-14/h1-5,7-8,10-11H,12H2. The molecule has 0 saturated carbocycles. The summed E-state index contributed by atoms with van der Waals surface area (Å²) in [6.07, 6.45) is 0. The third-order valence-corrected chi connectivity index (χ3v) is 2.95. The van der Waals surface area contributed by atoms with Crippen LogP contribution in [-0.2, 0) is 0 Å². The van der Waals surface area contributed by atoms with E-state index in [0.29, 0.717) is 11.3 Å².